The van der Waals surface area contributed by atoms with Gasteiger partial charge in [0.25, 0.3) is 0 Å². The van der Waals surface area contributed by atoms with Gasteiger partial charge in [-0.25, -0.2) is 0 Å². The van der Waals surface area contributed by atoms with E-state index in [9.17, 15) is 0 Å². The third-order valence-electron chi connectivity index (χ3n) is 3.35. The Morgan fingerprint density at radius 1 is 0.600 bits per heavy atom. The van der Waals surface area contributed by atoms with Crippen LogP contribution < -0.4 is 0 Å². The summed E-state index contributed by atoms with van der Waals surface area (Å²) >= 11 is 0. The molecule has 1 atom stereocenters. The molecule has 1 unspecified atom stereocenters. The summed E-state index contributed by atoms with van der Waals surface area (Å²) < 4.78 is 32.9. The molecule has 6 nitrogen and oxygen atoms in total. The van der Waals surface area contributed by atoms with E-state index in [2.05, 4.69) is 33.5 Å². The van der Waals surface area contributed by atoms with E-state index in [4.69, 9.17) is 28.1 Å². The van der Waals surface area contributed by atoms with Crippen LogP contribution in [0.5, 0.6) is 0 Å². The Balaban J connectivity index is 3.05. The second-order valence-corrected chi connectivity index (χ2v) is 11.5. The van der Waals surface area contributed by atoms with Crippen molar-refractivity contribution in [3.63, 3.8) is 0 Å². The Kier molecular flexibility index (Phi) is 17.4. The van der Waals surface area contributed by atoms with Gasteiger partial charge in [0.15, 0.2) is 8.32 Å². The molecule has 152 valence electrons. The third-order valence-corrected chi connectivity index (χ3v) is 4.42. The van der Waals surface area contributed by atoms with Crippen LogP contribution in [0.2, 0.25) is 19.6 Å². The molecule has 0 spiro atoms. The van der Waals surface area contributed by atoms with Crippen molar-refractivity contribution in [3.8, 4) is 0 Å². The average Bonchev–Trinajstić information content (AvgIpc) is 2.56. The predicted molar refractivity (Wildman–Crippen MR) is 103 cm³/mol. The molecule has 0 aliphatic carbocycles. The van der Waals surface area contributed by atoms with Gasteiger partial charge in [0, 0.05) is 6.61 Å². The van der Waals surface area contributed by atoms with Gasteiger partial charge in [-0.2, -0.15) is 0 Å². The molecule has 25 heavy (non-hydrogen) atoms. The van der Waals surface area contributed by atoms with E-state index >= 15 is 0 Å². The molecule has 0 saturated carbocycles. The summed E-state index contributed by atoms with van der Waals surface area (Å²) in [5.41, 5.74) is 0. The zero-order valence-electron chi connectivity index (χ0n) is 17.0. The molecule has 0 aliphatic rings. The molecule has 0 amide bonds. The van der Waals surface area contributed by atoms with Gasteiger partial charge in [-0.1, -0.05) is 20.3 Å². The van der Waals surface area contributed by atoms with Gasteiger partial charge < -0.3 is 28.1 Å². The van der Waals surface area contributed by atoms with E-state index in [0.717, 1.165) is 13.0 Å². The second kappa shape index (κ2) is 17.4. The fourth-order valence-corrected chi connectivity index (χ4v) is 2.38. The highest BCUT2D eigenvalue weighted by atomic mass is 28.4. The molecule has 0 bridgehead atoms. The van der Waals surface area contributed by atoms with Crippen LogP contribution in [0.1, 0.15) is 20.3 Å². The molecule has 7 heteroatoms. The van der Waals surface area contributed by atoms with Crippen molar-refractivity contribution in [2.75, 3.05) is 72.7 Å². The first-order chi connectivity index (χ1) is 12.0. The minimum absolute atomic E-state index is 0.576. The molecule has 0 rings (SSSR count). The Labute approximate surface area is 155 Å². The highest BCUT2D eigenvalue weighted by molar-refractivity contribution is 6.69. The Morgan fingerprint density at radius 2 is 0.960 bits per heavy atom. The van der Waals surface area contributed by atoms with Crippen LogP contribution in [0.3, 0.4) is 0 Å². The van der Waals surface area contributed by atoms with E-state index in [1.54, 1.807) is 0 Å². The lowest BCUT2D eigenvalue weighted by atomic mass is 10.1. The lowest BCUT2D eigenvalue weighted by molar-refractivity contribution is -0.0147. The summed E-state index contributed by atoms with van der Waals surface area (Å²) in [6, 6.07) is 0. The maximum Gasteiger partial charge on any atom is 0.183 e. The van der Waals surface area contributed by atoms with Crippen LogP contribution in [0.4, 0.5) is 0 Å². The Bertz CT molecular complexity index is 273. The summed E-state index contributed by atoms with van der Waals surface area (Å²) in [6.07, 6.45) is 1.15. The lowest BCUT2D eigenvalue weighted by Gasteiger charge is -2.16. The van der Waals surface area contributed by atoms with E-state index in [1.165, 1.54) is 0 Å². The fourth-order valence-electron chi connectivity index (χ4n) is 1.69. The molecular formula is C18H40O6Si. The molecule has 0 aliphatic heterocycles. The van der Waals surface area contributed by atoms with E-state index < -0.39 is 8.32 Å². The minimum atomic E-state index is -1.42. The summed E-state index contributed by atoms with van der Waals surface area (Å²) in [7, 11) is -1.42. The largest absolute Gasteiger partial charge is 0.415 e. The zero-order chi connectivity index (χ0) is 18.8. The molecule has 0 radical (unpaired) electrons. The monoisotopic (exact) mass is 380 g/mol. The predicted octanol–water partition coefficient (Wildman–Crippen LogP) is 2.97. The molecule has 0 saturated heterocycles. The molecule has 0 aromatic rings. The minimum Gasteiger partial charge on any atom is -0.415 e. The van der Waals surface area contributed by atoms with Gasteiger partial charge in [0.2, 0.25) is 0 Å². The van der Waals surface area contributed by atoms with Crippen LogP contribution in [0, 0.1) is 5.92 Å². The average molecular weight is 381 g/mol. The van der Waals surface area contributed by atoms with E-state index in [1.807, 2.05) is 0 Å². The van der Waals surface area contributed by atoms with Gasteiger partial charge >= 0.3 is 0 Å². The maximum atomic E-state index is 5.69. The first-order valence-corrected chi connectivity index (χ1v) is 12.9. The standard InChI is InChI=1S/C18H40O6Si/c1-6-18(2)17-23-14-13-21-10-9-19-7-8-20-11-12-22-15-16-24-25(3,4)5/h18H,6-17H2,1-5H3. The van der Waals surface area contributed by atoms with E-state index in [-0.39, 0.29) is 0 Å². The van der Waals surface area contributed by atoms with Crippen molar-refractivity contribution in [2.45, 2.75) is 39.9 Å². The zero-order valence-corrected chi connectivity index (χ0v) is 18.0. The molecule has 0 aromatic heterocycles. The molecule has 0 fully saturated rings. The second-order valence-electron chi connectivity index (χ2n) is 7.00. The highest BCUT2D eigenvalue weighted by Gasteiger charge is 2.12. The molecular weight excluding hydrogens is 340 g/mol. The fraction of sp³-hybridized carbons (Fsp3) is 1.00. The van der Waals surface area contributed by atoms with Gasteiger partial charge in [-0.15, -0.1) is 0 Å². The van der Waals surface area contributed by atoms with Crippen molar-refractivity contribution in [2.24, 2.45) is 5.92 Å². The topological polar surface area (TPSA) is 55.4 Å². The smallest absolute Gasteiger partial charge is 0.183 e. The van der Waals surface area contributed by atoms with Crippen molar-refractivity contribution in [1.29, 1.82) is 0 Å². The quantitative estimate of drug-likeness (QED) is 0.254. The summed E-state index contributed by atoms with van der Waals surface area (Å²) in [6.45, 7) is 17.7. The Morgan fingerprint density at radius 3 is 1.32 bits per heavy atom. The number of hydrogen-bond donors (Lipinski definition) is 0. The summed E-state index contributed by atoms with van der Waals surface area (Å²) in [5, 5.41) is 0. The van der Waals surface area contributed by atoms with Crippen LogP contribution in [-0.2, 0) is 28.1 Å². The SMILES string of the molecule is CCC(C)COCCOCCOCCOCCOCCO[Si](C)(C)C. The Hall–Kier alpha value is -0.0231. The van der Waals surface area contributed by atoms with Crippen LogP contribution >= 0.6 is 0 Å². The molecule has 0 aromatic carbocycles. The number of hydrogen-bond acceptors (Lipinski definition) is 6. The molecule has 0 N–H and O–H groups in total. The highest BCUT2D eigenvalue weighted by Crippen LogP contribution is 2.01. The molecule has 0 heterocycles. The van der Waals surface area contributed by atoms with Gasteiger partial charge in [-0.3, -0.25) is 0 Å². The number of ether oxygens (including phenoxy) is 5. The van der Waals surface area contributed by atoms with Crippen molar-refractivity contribution in [3.05, 3.63) is 0 Å². The van der Waals surface area contributed by atoms with Gasteiger partial charge in [0.1, 0.15) is 0 Å². The summed E-state index contributed by atoms with van der Waals surface area (Å²) in [4.78, 5) is 0. The van der Waals surface area contributed by atoms with Gasteiger partial charge in [-0.05, 0) is 25.6 Å². The lowest BCUT2D eigenvalue weighted by Crippen LogP contribution is -2.27. The third kappa shape index (κ3) is 21.9. The maximum absolute atomic E-state index is 5.69. The first-order valence-electron chi connectivity index (χ1n) is 9.48. The van der Waals surface area contributed by atoms with Crippen LogP contribution in [0.25, 0.3) is 0 Å². The summed E-state index contributed by atoms with van der Waals surface area (Å²) in [5.74, 6) is 0.618. The van der Waals surface area contributed by atoms with E-state index in [0.29, 0.717) is 72.0 Å². The normalized spacial score (nSPS) is 13.3. The van der Waals surface area contributed by atoms with Gasteiger partial charge in [0.05, 0.1) is 66.1 Å². The van der Waals surface area contributed by atoms with Crippen molar-refractivity contribution >= 4 is 8.32 Å². The van der Waals surface area contributed by atoms with Crippen LogP contribution in [0.15, 0.2) is 0 Å². The van der Waals surface area contributed by atoms with Crippen molar-refractivity contribution < 1.29 is 28.1 Å². The number of rotatable bonds is 19. The van der Waals surface area contributed by atoms with Crippen molar-refractivity contribution in [1.82, 2.24) is 0 Å². The first kappa shape index (κ1) is 25.0. The van der Waals surface area contributed by atoms with Crippen LogP contribution in [-0.4, -0.2) is 81.0 Å².